The lowest BCUT2D eigenvalue weighted by molar-refractivity contribution is -0.384. The Kier molecular flexibility index (Phi) is 5.51. The molecule has 2 aromatic carbocycles. The van der Waals surface area contributed by atoms with Crippen molar-refractivity contribution in [2.24, 2.45) is 0 Å². The monoisotopic (exact) mass is 384 g/mol. The van der Waals surface area contributed by atoms with Gasteiger partial charge in [0.15, 0.2) is 5.16 Å². The van der Waals surface area contributed by atoms with E-state index in [0.29, 0.717) is 28.3 Å². The molecule has 0 fully saturated rings. The van der Waals surface area contributed by atoms with Crippen molar-refractivity contribution in [2.75, 3.05) is 11.1 Å². The number of carbonyl (C=O) groups is 1. The van der Waals surface area contributed by atoms with E-state index in [2.05, 4.69) is 10.3 Å². The molecule has 1 amide bonds. The molecule has 0 unspecified atom stereocenters. The number of nitro groups is 1. The summed E-state index contributed by atoms with van der Waals surface area (Å²) in [4.78, 5) is 39.5. The Morgan fingerprint density at radius 3 is 2.78 bits per heavy atom. The summed E-state index contributed by atoms with van der Waals surface area (Å²) in [6.07, 6.45) is 0. The molecule has 1 N–H and O–H groups in total. The van der Waals surface area contributed by atoms with Gasteiger partial charge in [0.05, 0.1) is 21.6 Å². The maximum atomic E-state index is 12.6. The molecule has 1 aromatic heterocycles. The van der Waals surface area contributed by atoms with Crippen molar-refractivity contribution >= 4 is 39.9 Å². The average Bonchev–Trinajstić information content (AvgIpc) is 2.66. The third-order valence-corrected chi connectivity index (χ3v) is 4.79. The summed E-state index contributed by atoms with van der Waals surface area (Å²) in [5.41, 5.74) is 0.670. The summed E-state index contributed by atoms with van der Waals surface area (Å²) in [5.74, 6) is -0.321. The molecule has 3 rings (SSSR count). The number of nitrogens with one attached hydrogen (secondary N) is 1. The zero-order valence-electron chi connectivity index (χ0n) is 14.4. The minimum absolute atomic E-state index is 0.0213. The van der Waals surface area contributed by atoms with E-state index in [9.17, 15) is 19.7 Å². The highest BCUT2D eigenvalue weighted by atomic mass is 32.2. The molecule has 9 heteroatoms. The SMILES string of the molecule is CCn1c(SCC(=O)Nc2cccc([N+](=O)[O-])c2)nc2ccccc2c1=O. The van der Waals surface area contributed by atoms with Gasteiger partial charge in [0.25, 0.3) is 11.2 Å². The molecule has 3 aromatic rings. The topological polar surface area (TPSA) is 107 Å². The van der Waals surface area contributed by atoms with Gasteiger partial charge in [0, 0.05) is 24.4 Å². The van der Waals surface area contributed by atoms with Gasteiger partial charge in [-0.15, -0.1) is 0 Å². The number of carbonyl (C=O) groups excluding carboxylic acids is 1. The second kappa shape index (κ2) is 8.00. The van der Waals surface area contributed by atoms with Crippen molar-refractivity contribution in [3.05, 3.63) is 69.0 Å². The van der Waals surface area contributed by atoms with E-state index in [4.69, 9.17) is 0 Å². The number of nitro benzene ring substituents is 1. The molecule has 138 valence electrons. The van der Waals surface area contributed by atoms with Crippen LogP contribution in [0.2, 0.25) is 0 Å². The van der Waals surface area contributed by atoms with Crippen LogP contribution in [0.5, 0.6) is 0 Å². The van der Waals surface area contributed by atoms with E-state index in [1.54, 1.807) is 30.3 Å². The summed E-state index contributed by atoms with van der Waals surface area (Å²) in [6, 6.07) is 12.8. The van der Waals surface area contributed by atoms with Crippen LogP contribution in [-0.2, 0) is 11.3 Å². The summed E-state index contributed by atoms with van der Waals surface area (Å²) in [7, 11) is 0. The normalized spacial score (nSPS) is 10.7. The molecule has 0 saturated carbocycles. The van der Waals surface area contributed by atoms with Crippen LogP contribution in [0, 0.1) is 10.1 Å². The van der Waals surface area contributed by atoms with Crippen LogP contribution in [0.25, 0.3) is 10.9 Å². The third-order valence-electron chi connectivity index (χ3n) is 3.82. The van der Waals surface area contributed by atoms with Gasteiger partial charge in [-0.25, -0.2) is 4.98 Å². The molecule has 0 saturated heterocycles. The number of hydrogen-bond donors (Lipinski definition) is 1. The Bertz CT molecular complexity index is 1080. The predicted octanol–water partition coefficient (Wildman–Crippen LogP) is 3.06. The first-order chi connectivity index (χ1) is 13.0. The van der Waals surface area contributed by atoms with E-state index < -0.39 is 4.92 Å². The van der Waals surface area contributed by atoms with Crippen molar-refractivity contribution in [1.82, 2.24) is 9.55 Å². The molecule has 0 spiro atoms. The number of amides is 1. The molecule has 0 aliphatic carbocycles. The molecule has 1 heterocycles. The smallest absolute Gasteiger partial charge is 0.271 e. The molecular weight excluding hydrogens is 368 g/mol. The number of aromatic nitrogens is 2. The third kappa shape index (κ3) is 4.14. The van der Waals surface area contributed by atoms with Crippen molar-refractivity contribution in [3.63, 3.8) is 0 Å². The highest BCUT2D eigenvalue weighted by molar-refractivity contribution is 7.99. The number of fused-ring (bicyclic) bond motifs is 1. The predicted molar refractivity (Wildman–Crippen MR) is 104 cm³/mol. The van der Waals surface area contributed by atoms with Gasteiger partial charge in [-0.3, -0.25) is 24.3 Å². The Balaban J connectivity index is 1.76. The van der Waals surface area contributed by atoms with Crippen molar-refractivity contribution in [2.45, 2.75) is 18.6 Å². The number of non-ortho nitro benzene ring substituents is 1. The Morgan fingerprint density at radius 2 is 2.04 bits per heavy atom. The quantitative estimate of drug-likeness (QED) is 0.303. The molecule has 0 aliphatic heterocycles. The minimum Gasteiger partial charge on any atom is -0.325 e. The van der Waals surface area contributed by atoms with E-state index in [0.717, 1.165) is 11.8 Å². The van der Waals surface area contributed by atoms with Gasteiger partial charge in [-0.05, 0) is 25.1 Å². The lowest BCUT2D eigenvalue weighted by Gasteiger charge is -2.11. The zero-order valence-corrected chi connectivity index (χ0v) is 15.2. The lowest BCUT2D eigenvalue weighted by Crippen LogP contribution is -2.23. The van der Waals surface area contributed by atoms with Crippen molar-refractivity contribution in [1.29, 1.82) is 0 Å². The van der Waals surface area contributed by atoms with Crippen LogP contribution in [0.15, 0.2) is 58.5 Å². The number of anilines is 1. The van der Waals surface area contributed by atoms with Crippen LogP contribution in [0.3, 0.4) is 0 Å². The first-order valence-electron chi connectivity index (χ1n) is 8.16. The van der Waals surface area contributed by atoms with E-state index in [-0.39, 0.29) is 22.9 Å². The van der Waals surface area contributed by atoms with E-state index in [1.165, 1.54) is 22.8 Å². The first kappa shape index (κ1) is 18.6. The van der Waals surface area contributed by atoms with E-state index in [1.807, 2.05) is 6.92 Å². The number of benzene rings is 2. The molecular formula is C18H16N4O4S. The molecule has 0 radical (unpaired) electrons. The lowest BCUT2D eigenvalue weighted by atomic mass is 10.2. The van der Waals surface area contributed by atoms with Crippen molar-refractivity contribution in [3.8, 4) is 0 Å². The van der Waals surface area contributed by atoms with Crippen LogP contribution >= 0.6 is 11.8 Å². The standard InChI is InChI=1S/C18H16N4O4S/c1-2-21-17(24)14-8-3-4-9-15(14)20-18(21)27-11-16(23)19-12-6-5-7-13(10-12)22(25)26/h3-10H,2,11H2,1H3,(H,19,23). The van der Waals surface area contributed by atoms with Gasteiger partial charge in [0.1, 0.15) is 0 Å². The Hall–Kier alpha value is -3.20. The Labute approximate surface area is 158 Å². The summed E-state index contributed by atoms with van der Waals surface area (Å²) < 4.78 is 1.52. The molecule has 0 aliphatic rings. The summed E-state index contributed by atoms with van der Waals surface area (Å²) in [6.45, 7) is 2.27. The minimum atomic E-state index is -0.524. The van der Waals surface area contributed by atoms with Crippen LogP contribution in [-0.4, -0.2) is 26.1 Å². The maximum Gasteiger partial charge on any atom is 0.271 e. The highest BCUT2D eigenvalue weighted by Crippen LogP contribution is 2.20. The van der Waals surface area contributed by atoms with Crippen LogP contribution < -0.4 is 10.9 Å². The van der Waals surface area contributed by atoms with Gasteiger partial charge in [0.2, 0.25) is 5.91 Å². The van der Waals surface area contributed by atoms with Crippen molar-refractivity contribution < 1.29 is 9.72 Å². The van der Waals surface area contributed by atoms with Gasteiger partial charge in [-0.2, -0.15) is 0 Å². The summed E-state index contributed by atoms with van der Waals surface area (Å²) in [5, 5.41) is 14.4. The second-order valence-electron chi connectivity index (χ2n) is 5.61. The maximum absolute atomic E-state index is 12.6. The largest absolute Gasteiger partial charge is 0.325 e. The fourth-order valence-electron chi connectivity index (χ4n) is 2.56. The first-order valence-corrected chi connectivity index (χ1v) is 9.15. The number of hydrogen-bond acceptors (Lipinski definition) is 6. The van der Waals surface area contributed by atoms with Gasteiger partial charge < -0.3 is 5.32 Å². The average molecular weight is 384 g/mol. The molecule has 8 nitrogen and oxygen atoms in total. The molecule has 27 heavy (non-hydrogen) atoms. The summed E-state index contributed by atoms with van der Waals surface area (Å²) >= 11 is 1.14. The number of nitrogens with zero attached hydrogens (tertiary/aromatic N) is 3. The highest BCUT2D eigenvalue weighted by Gasteiger charge is 2.13. The Morgan fingerprint density at radius 1 is 1.26 bits per heavy atom. The van der Waals surface area contributed by atoms with E-state index >= 15 is 0 Å². The zero-order chi connectivity index (χ0) is 19.4. The second-order valence-corrected chi connectivity index (χ2v) is 6.55. The fraction of sp³-hybridized carbons (Fsp3) is 0.167. The fourth-order valence-corrected chi connectivity index (χ4v) is 3.42. The van der Waals surface area contributed by atoms with Gasteiger partial charge in [-0.1, -0.05) is 30.0 Å². The number of rotatable bonds is 6. The van der Waals surface area contributed by atoms with Gasteiger partial charge >= 0.3 is 0 Å². The number of para-hydroxylation sites is 1. The molecule has 0 bridgehead atoms. The van der Waals surface area contributed by atoms with Crippen LogP contribution in [0.4, 0.5) is 11.4 Å². The number of thioether (sulfide) groups is 1. The molecule has 0 atom stereocenters. The van der Waals surface area contributed by atoms with Crippen LogP contribution in [0.1, 0.15) is 6.92 Å².